The Hall–Kier alpha value is -2.93. The maximum absolute atomic E-state index is 13.2. The van der Waals surface area contributed by atoms with Crippen molar-refractivity contribution in [3.8, 4) is 0 Å². The minimum Gasteiger partial charge on any atom is -0.351 e. The summed E-state index contributed by atoms with van der Waals surface area (Å²) < 4.78 is 15.1. The van der Waals surface area contributed by atoms with E-state index in [1.54, 1.807) is 6.07 Å². The number of H-pyrrole nitrogens is 1. The van der Waals surface area contributed by atoms with Crippen LogP contribution < -0.4 is 11.0 Å². The average Bonchev–Trinajstić information content (AvgIpc) is 3.04. The van der Waals surface area contributed by atoms with Gasteiger partial charge in [-0.25, -0.2) is 9.18 Å². The first-order valence-electron chi connectivity index (χ1n) is 9.57. The second-order valence-electron chi connectivity index (χ2n) is 7.16. The molecule has 2 aromatic carbocycles. The highest BCUT2D eigenvalue weighted by Crippen LogP contribution is 2.24. The topological polar surface area (TPSA) is 70.1 Å². The first kappa shape index (κ1) is 18.4. The van der Waals surface area contributed by atoms with E-state index in [0.29, 0.717) is 12.1 Å². The third kappa shape index (κ3) is 3.84. The quantitative estimate of drug-likeness (QED) is 0.712. The fourth-order valence-electron chi connectivity index (χ4n) is 3.90. The van der Waals surface area contributed by atoms with E-state index in [1.807, 2.05) is 28.8 Å². The van der Waals surface area contributed by atoms with Crippen LogP contribution in [0, 0.1) is 5.82 Å². The Balaban J connectivity index is 1.29. The van der Waals surface area contributed by atoms with Crippen molar-refractivity contribution >= 4 is 16.9 Å². The number of imidazole rings is 1. The molecule has 3 aromatic rings. The molecule has 2 heterocycles. The van der Waals surface area contributed by atoms with Gasteiger partial charge in [0.1, 0.15) is 5.82 Å². The first-order valence-corrected chi connectivity index (χ1v) is 9.57. The van der Waals surface area contributed by atoms with E-state index < -0.39 is 5.82 Å². The summed E-state index contributed by atoms with van der Waals surface area (Å²) in [4.78, 5) is 29.6. The van der Waals surface area contributed by atoms with Crippen molar-refractivity contribution in [3.63, 3.8) is 0 Å². The Kier molecular flexibility index (Phi) is 5.25. The number of carbonyl (C=O) groups excluding carboxylic acids is 1. The standard InChI is InChI=1S/C21H23FN4O2/c22-16-5-3-4-15(14-16)20(27)23-10-13-25-11-8-17(9-12-25)26-19-7-2-1-6-18(19)24-21(26)28/h1-7,14,17H,8-13H2,(H,23,27)(H,24,28). The van der Waals surface area contributed by atoms with Gasteiger partial charge in [-0.05, 0) is 43.2 Å². The van der Waals surface area contributed by atoms with Crippen molar-refractivity contribution in [2.75, 3.05) is 26.2 Å². The normalized spacial score (nSPS) is 15.8. The number of aromatic amines is 1. The van der Waals surface area contributed by atoms with Gasteiger partial charge in [0, 0.05) is 37.8 Å². The number of rotatable bonds is 5. The molecule has 4 rings (SSSR count). The van der Waals surface area contributed by atoms with E-state index in [2.05, 4.69) is 15.2 Å². The molecule has 1 aliphatic rings. The van der Waals surface area contributed by atoms with Crippen LogP contribution >= 0.6 is 0 Å². The van der Waals surface area contributed by atoms with Crippen LogP contribution in [0.2, 0.25) is 0 Å². The van der Waals surface area contributed by atoms with Crippen molar-refractivity contribution in [3.05, 3.63) is 70.4 Å². The lowest BCUT2D eigenvalue weighted by Crippen LogP contribution is -2.41. The summed E-state index contributed by atoms with van der Waals surface area (Å²) in [5.41, 5.74) is 2.10. The maximum atomic E-state index is 13.2. The van der Waals surface area contributed by atoms with Gasteiger partial charge < -0.3 is 15.2 Å². The average molecular weight is 382 g/mol. The number of para-hydroxylation sites is 2. The summed E-state index contributed by atoms with van der Waals surface area (Å²) in [7, 11) is 0. The number of amides is 1. The molecule has 0 aliphatic carbocycles. The minimum atomic E-state index is -0.415. The molecule has 6 nitrogen and oxygen atoms in total. The molecule has 28 heavy (non-hydrogen) atoms. The zero-order valence-corrected chi connectivity index (χ0v) is 15.5. The number of piperidine rings is 1. The monoisotopic (exact) mass is 382 g/mol. The summed E-state index contributed by atoms with van der Waals surface area (Å²) in [5, 5.41) is 2.84. The van der Waals surface area contributed by atoms with Crippen LogP contribution in [0.1, 0.15) is 29.2 Å². The number of halogens is 1. The van der Waals surface area contributed by atoms with Crippen LogP contribution in [0.3, 0.4) is 0 Å². The van der Waals surface area contributed by atoms with Crippen LogP contribution in [0.25, 0.3) is 11.0 Å². The summed E-state index contributed by atoms with van der Waals surface area (Å²) >= 11 is 0. The fourth-order valence-corrected chi connectivity index (χ4v) is 3.90. The van der Waals surface area contributed by atoms with Gasteiger partial charge >= 0.3 is 5.69 Å². The maximum Gasteiger partial charge on any atom is 0.326 e. The number of hydrogen-bond acceptors (Lipinski definition) is 3. The van der Waals surface area contributed by atoms with Crippen LogP contribution in [-0.4, -0.2) is 46.5 Å². The van der Waals surface area contributed by atoms with Gasteiger partial charge in [0.25, 0.3) is 5.91 Å². The Labute approximate surface area is 162 Å². The van der Waals surface area contributed by atoms with Crippen LogP contribution in [0.5, 0.6) is 0 Å². The van der Waals surface area contributed by atoms with Crippen molar-refractivity contribution in [2.24, 2.45) is 0 Å². The van der Waals surface area contributed by atoms with Gasteiger partial charge in [0.15, 0.2) is 0 Å². The lowest BCUT2D eigenvalue weighted by Gasteiger charge is -2.32. The second-order valence-corrected chi connectivity index (χ2v) is 7.16. The molecule has 1 saturated heterocycles. The van der Waals surface area contributed by atoms with E-state index in [4.69, 9.17) is 0 Å². The Bertz CT molecular complexity index is 1030. The lowest BCUT2D eigenvalue weighted by atomic mass is 10.0. The molecule has 1 fully saturated rings. The highest BCUT2D eigenvalue weighted by molar-refractivity contribution is 5.94. The molecule has 0 radical (unpaired) electrons. The van der Waals surface area contributed by atoms with Gasteiger partial charge in [0.2, 0.25) is 0 Å². The number of nitrogens with one attached hydrogen (secondary N) is 2. The van der Waals surface area contributed by atoms with E-state index >= 15 is 0 Å². The van der Waals surface area contributed by atoms with Crippen LogP contribution in [-0.2, 0) is 0 Å². The minimum absolute atomic E-state index is 0.0537. The molecule has 0 unspecified atom stereocenters. The van der Waals surface area contributed by atoms with Gasteiger partial charge in [-0.1, -0.05) is 18.2 Å². The summed E-state index contributed by atoms with van der Waals surface area (Å²) in [6.45, 7) is 2.97. The van der Waals surface area contributed by atoms with Crippen molar-refractivity contribution in [1.29, 1.82) is 0 Å². The number of fused-ring (bicyclic) bond motifs is 1. The summed E-state index contributed by atoms with van der Waals surface area (Å²) in [6, 6.07) is 13.6. The number of benzene rings is 2. The van der Waals surface area contributed by atoms with Gasteiger partial charge in [-0.3, -0.25) is 9.36 Å². The molecule has 0 atom stereocenters. The molecule has 2 N–H and O–H groups in total. The predicted molar refractivity (Wildman–Crippen MR) is 106 cm³/mol. The molecule has 1 aromatic heterocycles. The summed E-state index contributed by atoms with van der Waals surface area (Å²) in [5.74, 6) is -0.679. The van der Waals surface area contributed by atoms with E-state index in [0.717, 1.165) is 43.5 Å². The van der Waals surface area contributed by atoms with Crippen LogP contribution in [0.15, 0.2) is 53.3 Å². The number of hydrogen-bond donors (Lipinski definition) is 2. The molecule has 0 saturated carbocycles. The molecule has 146 valence electrons. The Morgan fingerprint density at radius 3 is 2.71 bits per heavy atom. The van der Waals surface area contributed by atoms with E-state index in [9.17, 15) is 14.0 Å². The third-order valence-electron chi connectivity index (χ3n) is 5.35. The molecular formula is C21H23FN4O2. The zero-order chi connectivity index (χ0) is 19.5. The number of aromatic nitrogens is 2. The fraction of sp³-hybridized carbons (Fsp3) is 0.333. The molecule has 0 spiro atoms. The first-order chi connectivity index (χ1) is 13.6. The van der Waals surface area contributed by atoms with Crippen molar-refractivity contribution in [2.45, 2.75) is 18.9 Å². The summed E-state index contributed by atoms with van der Waals surface area (Å²) in [6.07, 6.45) is 1.78. The second kappa shape index (κ2) is 7.98. The highest BCUT2D eigenvalue weighted by Gasteiger charge is 2.23. The molecular weight excluding hydrogens is 359 g/mol. The zero-order valence-electron chi connectivity index (χ0n) is 15.5. The lowest BCUT2D eigenvalue weighted by molar-refractivity contribution is 0.0944. The Morgan fingerprint density at radius 2 is 1.93 bits per heavy atom. The number of likely N-dealkylation sites (tertiary alicyclic amines) is 1. The SMILES string of the molecule is O=C(NCCN1CCC(n2c(=O)[nH]c3ccccc32)CC1)c1cccc(F)c1. The van der Waals surface area contributed by atoms with Gasteiger partial charge in [-0.15, -0.1) is 0 Å². The smallest absolute Gasteiger partial charge is 0.326 e. The van der Waals surface area contributed by atoms with E-state index in [1.165, 1.54) is 18.2 Å². The highest BCUT2D eigenvalue weighted by atomic mass is 19.1. The molecule has 1 amide bonds. The molecule has 1 aliphatic heterocycles. The third-order valence-corrected chi connectivity index (χ3v) is 5.35. The Morgan fingerprint density at radius 1 is 1.14 bits per heavy atom. The number of carbonyl (C=O) groups is 1. The van der Waals surface area contributed by atoms with Gasteiger partial charge in [-0.2, -0.15) is 0 Å². The van der Waals surface area contributed by atoms with Crippen molar-refractivity contribution < 1.29 is 9.18 Å². The largest absolute Gasteiger partial charge is 0.351 e. The van der Waals surface area contributed by atoms with Crippen LogP contribution in [0.4, 0.5) is 4.39 Å². The predicted octanol–water partition coefficient (Wildman–Crippen LogP) is 2.54. The van der Waals surface area contributed by atoms with Crippen molar-refractivity contribution in [1.82, 2.24) is 19.8 Å². The van der Waals surface area contributed by atoms with Gasteiger partial charge in [0.05, 0.1) is 11.0 Å². The molecule has 7 heteroatoms. The molecule has 0 bridgehead atoms. The number of nitrogens with zero attached hydrogens (tertiary/aromatic N) is 2. The van der Waals surface area contributed by atoms with E-state index in [-0.39, 0.29) is 17.6 Å².